The van der Waals surface area contributed by atoms with E-state index in [0.29, 0.717) is 11.4 Å². The van der Waals surface area contributed by atoms with Gasteiger partial charge in [0.25, 0.3) is 0 Å². The van der Waals surface area contributed by atoms with E-state index in [1.165, 1.54) is 7.11 Å². The molecule has 0 aliphatic rings. The predicted octanol–water partition coefficient (Wildman–Crippen LogP) is 4.24. The third kappa shape index (κ3) is 3.76. The van der Waals surface area contributed by atoms with Crippen LogP contribution in [0.1, 0.15) is 25.0 Å². The molecule has 0 radical (unpaired) electrons. The number of methoxy groups -OCH3 is 1. The van der Waals surface area contributed by atoms with Crippen LogP contribution in [0.25, 0.3) is 11.3 Å². The summed E-state index contributed by atoms with van der Waals surface area (Å²) in [5.41, 5.74) is 1.32. The Labute approximate surface area is 122 Å². The lowest BCUT2D eigenvalue weighted by atomic mass is 10.0. The minimum absolute atomic E-state index is 0.198. The molecule has 0 aliphatic heterocycles. The highest BCUT2D eigenvalue weighted by molar-refractivity contribution is 5.68. The molecule has 1 heterocycles. The van der Waals surface area contributed by atoms with Crippen molar-refractivity contribution in [2.45, 2.75) is 20.8 Å². The van der Waals surface area contributed by atoms with Crippen LogP contribution in [0, 0.1) is 29.9 Å². The van der Waals surface area contributed by atoms with Crippen LogP contribution < -0.4 is 4.74 Å². The lowest BCUT2D eigenvalue weighted by molar-refractivity contribution is 0.395. The second-order valence-corrected chi connectivity index (χ2v) is 3.98. The fraction of sp³-hybridized carbons (Fsp3) is 0.250. The van der Waals surface area contributed by atoms with Crippen molar-refractivity contribution < 1.29 is 13.5 Å². The molecular weight excluding hydrogens is 274 g/mol. The van der Waals surface area contributed by atoms with Gasteiger partial charge in [-0.05, 0) is 25.1 Å². The lowest BCUT2D eigenvalue weighted by Gasteiger charge is -2.09. The van der Waals surface area contributed by atoms with E-state index in [-0.39, 0.29) is 16.8 Å². The van der Waals surface area contributed by atoms with Gasteiger partial charge < -0.3 is 4.74 Å². The predicted molar refractivity (Wildman–Crippen MR) is 76.9 cm³/mol. The standard InChI is InChI=1S/C14H10F2N2O.C2H6/c1-8-3-10(7-17)13(18-14(8)19-2)9-4-11(15)6-12(16)5-9;1-2/h3-6H,1-2H3;1-2H3. The average Bonchev–Trinajstić information content (AvgIpc) is 2.47. The van der Waals surface area contributed by atoms with Gasteiger partial charge in [-0.15, -0.1) is 0 Å². The zero-order valence-corrected chi connectivity index (χ0v) is 12.4. The van der Waals surface area contributed by atoms with Crippen molar-refractivity contribution in [2.24, 2.45) is 0 Å². The highest BCUT2D eigenvalue weighted by Crippen LogP contribution is 2.27. The Morgan fingerprint density at radius 2 is 1.67 bits per heavy atom. The molecule has 2 rings (SSSR count). The molecule has 0 unspecified atom stereocenters. The van der Waals surface area contributed by atoms with Crippen molar-refractivity contribution in [2.75, 3.05) is 7.11 Å². The highest BCUT2D eigenvalue weighted by atomic mass is 19.1. The maximum Gasteiger partial charge on any atom is 0.216 e. The van der Waals surface area contributed by atoms with Crippen LogP contribution in [-0.4, -0.2) is 12.1 Å². The smallest absolute Gasteiger partial charge is 0.216 e. The molecule has 0 saturated carbocycles. The lowest BCUT2D eigenvalue weighted by Crippen LogP contribution is -1.97. The SMILES string of the molecule is CC.COc1nc(-c2cc(F)cc(F)c2)c(C#N)cc1C. The molecule has 0 bridgehead atoms. The van der Waals surface area contributed by atoms with Crippen LogP contribution in [-0.2, 0) is 0 Å². The van der Waals surface area contributed by atoms with Crippen molar-refractivity contribution in [3.63, 3.8) is 0 Å². The Balaban J connectivity index is 0.00000106. The molecule has 0 aliphatic carbocycles. The summed E-state index contributed by atoms with van der Waals surface area (Å²) in [6.07, 6.45) is 0. The molecule has 1 aromatic carbocycles. The maximum absolute atomic E-state index is 13.2. The quantitative estimate of drug-likeness (QED) is 0.831. The summed E-state index contributed by atoms with van der Waals surface area (Å²) >= 11 is 0. The van der Waals surface area contributed by atoms with Crippen LogP contribution in [0.5, 0.6) is 5.88 Å². The molecule has 2 aromatic rings. The molecule has 3 nitrogen and oxygen atoms in total. The molecular formula is C16H16F2N2O. The molecule has 0 N–H and O–H groups in total. The summed E-state index contributed by atoms with van der Waals surface area (Å²) in [6.45, 7) is 5.74. The van der Waals surface area contributed by atoms with E-state index in [1.807, 2.05) is 19.9 Å². The van der Waals surface area contributed by atoms with Crippen LogP contribution in [0.15, 0.2) is 24.3 Å². The molecule has 0 fully saturated rings. The molecule has 0 amide bonds. The van der Waals surface area contributed by atoms with Crippen molar-refractivity contribution in [3.8, 4) is 23.2 Å². The van der Waals surface area contributed by atoms with Crippen LogP contribution in [0.2, 0.25) is 0 Å². The minimum Gasteiger partial charge on any atom is -0.481 e. The van der Waals surface area contributed by atoms with Gasteiger partial charge in [-0.25, -0.2) is 13.8 Å². The summed E-state index contributed by atoms with van der Waals surface area (Å²) in [4.78, 5) is 4.14. The summed E-state index contributed by atoms with van der Waals surface area (Å²) in [7, 11) is 1.44. The normalized spacial score (nSPS) is 9.38. The summed E-state index contributed by atoms with van der Waals surface area (Å²) < 4.78 is 31.5. The molecule has 5 heteroatoms. The Hall–Kier alpha value is -2.48. The van der Waals surface area contributed by atoms with Gasteiger partial charge >= 0.3 is 0 Å². The van der Waals surface area contributed by atoms with Gasteiger partial charge in [0.15, 0.2) is 0 Å². The minimum atomic E-state index is -0.722. The Kier molecular flexibility index (Phi) is 5.79. The van der Waals surface area contributed by atoms with Gasteiger partial charge in [-0.3, -0.25) is 0 Å². The number of ether oxygens (including phenoxy) is 1. The number of nitrogens with zero attached hydrogens (tertiary/aromatic N) is 2. The molecule has 0 spiro atoms. The summed E-state index contributed by atoms with van der Waals surface area (Å²) in [6, 6.07) is 6.55. The molecule has 1 aromatic heterocycles. The molecule has 0 saturated heterocycles. The van der Waals surface area contributed by atoms with E-state index < -0.39 is 11.6 Å². The summed E-state index contributed by atoms with van der Waals surface area (Å²) in [5.74, 6) is -1.13. The zero-order chi connectivity index (χ0) is 16.0. The number of aryl methyl sites for hydroxylation is 1. The molecule has 110 valence electrons. The topological polar surface area (TPSA) is 45.9 Å². The molecule has 0 atom stereocenters. The van der Waals surface area contributed by atoms with Crippen LogP contribution in [0.3, 0.4) is 0 Å². The molecule has 21 heavy (non-hydrogen) atoms. The van der Waals surface area contributed by atoms with Gasteiger partial charge in [0.1, 0.15) is 17.7 Å². The van der Waals surface area contributed by atoms with E-state index in [1.54, 1.807) is 13.0 Å². The van der Waals surface area contributed by atoms with Crippen molar-refractivity contribution in [3.05, 3.63) is 47.0 Å². The summed E-state index contributed by atoms with van der Waals surface area (Å²) in [5, 5.41) is 9.09. The number of aromatic nitrogens is 1. The van der Waals surface area contributed by atoms with Gasteiger partial charge in [-0.2, -0.15) is 5.26 Å². The first-order valence-corrected chi connectivity index (χ1v) is 6.47. The van der Waals surface area contributed by atoms with Gasteiger partial charge in [0.05, 0.1) is 18.4 Å². The fourth-order valence-electron chi connectivity index (χ4n) is 1.80. The fourth-order valence-corrected chi connectivity index (χ4v) is 1.80. The zero-order valence-electron chi connectivity index (χ0n) is 12.4. The van der Waals surface area contributed by atoms with Crippen molar-refractivity contribution >= 4 is 0 Å². The number of hydrogen-bond acceptors (Lipinski definition) is 3. The number of hydrogen-bond donors (Lipinski definition) is 0. The Morgan fingerprint density at radius 3 is 2.14 bits per heavy atom. The first-order valence-electron chi connectivity index (χ1n) is 6.47. The Bertz CT molecular complexity index is 658. The van der Waals surface area contributed by atoms with Gasteiger partial charge in [-0.1, -0.05) is 13.8 Å². The van der Waals surface area contributed by atoms with Crippen molar-refractivity contribution in [1.29, 1.82) is 5.26 Å². The van der Waals surface area contributed by atoms with Crippen LogP contribution in [0.4, 0.5) is 8.78 Å². The number of halogens is 2. The van der Waals surface area contributed by atoms with Crippen molar-refractivity contribution in [1.82, 2.24) is 4.98 Å². The van der Waals surface area contributed by atoms with E-state index in [2.05, 4.69) is 4.98 Å². The van der Waals surface area contributed by atoms with E-state index in [0.717, 1.165) is 18.2 Å². The number of pyridine rings is 1. The highest BCUT2D eigenvalue weighted by Gasteiger charge is 2.13. The van der Waals surface area contributed by atoms with E-state index in [9.17, 15) is 8.78 Å². The Morgan fingerprint density at radius 1 is 1.10 bits per heavy atom. The second-order valence-electron chi connectivity index (χ2n) is 3.98. The van der Waals surface area contributed by atoms with Crippen LogP contribution >= 0.6 is 0 Å². The third-order valence-electron chi connectivity index (χ3n) is 2.62. The average molecular weight is 290 g/mol. The first kappa shape index (κ1) is 16.6. The van der Waals surface area contributed by atoms with E-state index >= 15 is 0 Å². The van der Waals surface area contributed by atoms with E-state index in [4.69, 9.17) is 10.00 Å². The number of rotatable bonds is 2. The third-order valence-corrected chi connectivity index (χ3v) is 2.62. The first-order chi connectivity index (χ1) is 10.0. The number of benzene rings is 1. The maximum atomic E-state index is 13.2. The number of nitriles is 1. The monoisotopic (exact) mass is 290 g/mol. The van der Waals surface area contributed by atoms with Gasteiger partial charge in [0.2, 0.25) is 5.88 Å². The largest absolute Gasteiger partial charge is 0.481 e. The second kappa shape index (κ2) is 7.34. The van der Waals surface area contributed by atoms with Gasteiger partial charge in [0, 0.05) is 17.2 Å².